The molecule has 5 aromatic heterocycles. The van der Waals surface area contributed by atoms with Crippen molar-refractivity contribution >= 4 is 108 Å². The van der Waals surface area contributed by atoms with Gasteiger partial charge in [0.1, 0.15) is 0 Å². The van der Waals surface area contributed by atoms with Gasteiger partial charge in [0.25, 0.3) is 0 Å². The van der Waals surface area contributed by atoms with Crippen LogP contribution in [-0.4, -0.2) is 29.1 Å². The first-order valence-electron chi connectivity index (χ1n) is 25.3. The van der Waals surface area contributed by atoms with Gasteiger partial charge in [0.05, 0.1) is 49.2 Å². The van der Waals surface area contributed by atoms with Crippen LogP contribution in [0.3, 0.4) is 0 Å². The van der Waals surface area contributed by atoms with Crippen molar-refractivity contribution in [2.24, 2.45) is 0 Å². The zero-order valence-electron chi connectivity index (χ0n) is 40.2. The van der Waals surface area contributed by atoms with Gasteiger partial charge in [-0.1, -0.05) is 194 Å². The summed E-state index contributed by atoms with van der Waals surface area (Å²) in [5.74, 6) is 1.26. The summed E-state index contributed by atoms with van der Waals surface area (Å²) >= 11 is 1.75. The lowest BCUT2D eigenvalue weighted by molar-refractivity contribution is 1.02. The van der Waals surface area contributed by atoms with Crippen molar-refractivity contribution in [1.29, 1.82) is 0 Å². The molecule has 0 unspecified atom stereocenters. The monoisotopic (exact) mass is 972 g/mol. The molecule has 0 saturated carbocycles. The van der Waals surface area contributed by atoms with E-state index in [0.29, 0.717) is 11.9 Å². The van der Waals surface area contributed by atoms with Crippen LogP contribution in [0.2, 0.25) is 0 Å². The molecule has 5 heterocycles. The van der Waals surface area contributed by atoms with Crippen LogP contribution < -0.4 is 0 Å². The van der Waals surface area contributed by atoms with Crippen molar-refractivity contribution in [1.82, 2.24) is 29.1 Å². The SMILES string of the molecule is c1ccc(-c2cc3nc(-n4c5ccc(-c6cccc7c6c6c8ccccc8ccc6n7-c6nc(-c7ccccc7)c7ccc8ccccc8c7n6)cc5c5cc6ccccc6cc54)nc(-c4ccccc4)c3s2)cc1. The van der Waals surface area contributed by atoms with Crippen molar-refractivity contribution in [3.63, 3.8) is 0 Å². The third-order valence-electron chi connectivity index (χ3n) is 15.1. The molecular weight excluding hydrogens is 933 g/mol. The molecule has 0 fully saturated rings. The van der Waals surface area contributed by atoms with Gasteiger partial charge in [-0.2, -0.15) is 0 Å². The molecule has 0 aliphatic carbocycles. The molecule has 0 aliphatic heterocycles. The van der Waals surface area contributed by atoms with Crippen molar-refractivity contribution in [2.75, 3.05) is 0 Å². The summed E-state index contributed by atoms with van der Waals surface area (Å²) in [7, 11) is 0. The third kappa shape index (κ3) is 6.45. The highest BCUT2D eigenvalue weighted by molar-refractivity contribution is 7.22. The summed E-state index contributed by atoms with van der Waals surface area (Å²) in [4.78, 5) is 23.2. The van der Waals surface area contributed by atoms with E-state index in [1.54, 1.807) is 11.3 Å². The van der Waals surface area contributed by atoms with E-state index in [1.807, 2.05) is 0 Å². The molecule has 0 radical (unpaired) electrons. The second-order valence-electron chi connectivity index (χ2n) is 19.4. The minimum absolute atomic E-state index is 0.629. The van der Waals surface area contributed by atoms with Gasteiger partial charge < -0.3 is 0 Å². The van der Waals surface area contributed by atoms with E-state index in [2.05, 4.69) is 252 Å². The number of hydrogen-bond donors (Lipinski definition) is 0. The Kier molecular flexibility index (Phi) is 9.10. The maximum Gasteiger partial charge on any atom is 0.235 e. The molecule has 16 rings (SSSR count). The number of aromatic nitrogens is 6. The Labute approximate surface area is 433 Å². The maximum atomic E-state index is 5.55. The van der Waals surface area contributed by atoms with Crippen LogP contribution in [0, 0.1) is 0 Å². The van der Waals surface area contributed by atoms with Crippen LogP contribution in [-0.2, 0) is 0 Å². The molecule has 16 aromatic rings. The van der Waals surface area contributed by atoms with Crippen molar-refractivity contribution < 1.29 is 0 Å². The fourth-order valence-corrected chi connectivity index (χ4v) is 12.8. The first-order chi connectivity index (χ1) is 37.2. The summed E-state index contributed by atoms with van der Waals surface area (Å²) in [6, 6.07) is 86.8. The van der Waals surface area contributed by atoms with E-state index in [-0.39, 0.29) is 0 Å². The first kappa shape index (κ1) is 41.8. The van der Waals surface area contributed by atoms with E-state index in [4.69, 9.17) is 19.9 Å². The van der Waals surface area contributed by atoms with Gasteiger partial charge in [-0.25, -0.2) is 19.9 Å². The third-order valence-corrected chi connectivity index (χ3v) is 16.3. The quantitative estimate of drug-likeness (QED) is 0.156. The summed E-state index contributed by atoms with van der Waals surface area (Å²) in [6.07, 6.45) is 0. The Bertz CT molecular complexity index is 5000. The first-order valence-corrected chi connectivity index (χ1v) is 26.1. The number of rotatable bonds is 6. The molecule has 0 amide bonds. The maximum absolute atomic E-state index is 5.55. The standard InChI is InChI=1S/C68H40N6S/c1-4-19-43(20-5-1)60-40-55-66(75-60)64(45-23-8-3-9-24-45)71-67(69-55)73-56-35-33-48(38-53(56)54-37-46-25-10-11-26-47(46)39-59(54)73)50-29-16-30-57-62(50)61-49-27-14-12-17-41(49)32-36-58(61)74(57)68-70-63(44-21-6-2-7-22-44)52-34-31-42-18-13-15-28-51(42)65(52)72-68/h1-40H. The molecule has 0 aliphatic rings. The molecule has 0 spiro atoms. The number of hydrogen-bond acceptors (Lipinski definition) is 5. The molecule has 0 atom stereocenters. The van der Waals surface area contributed by atoms with Gasteiger partial charge in [0.15, 0.2) is 0 Å². The molecular formula is C68H40N6S. The summed E-state index contributed by atoms with van der Waals surface area (Å²) in [5, 5.41) is 12.5. The smallest absolute Gasteiger partial charge is 0.235 e. The van der Waals surface area contributed by atoms with Gasteiger partial charge in [-0.05, 0) is 92.2 Å². The Balaban J connectivity index is 0.970. The number of thiophene rings is 1. The molecule has 348 valence electrons. The number of fused-ring (bicyclic) bond motifs is 13. The Morgan fingerprint density at radius 2 is 0.880 bits per heavy atom. The molecule has 7 heteroatoms. The van der Waals surface area contributed by atoms with E-state index in [9.17, 15) is 0 Å². The number of nitrogens with zero attached hydrogens (tertiary/aromatic N) is 6. The molecule has 75 heavy (non-hydrogen) atoms. The minimum Gasteiger partial charge on any atom is -0.278 e. The molecule has 6 nitrogen and oxygen atoms in total. The summed E-state index contributed by atoms with van der Waals surface area (Å²) in [6.45, 7) is 0. The van der Waals surface area contributed by atoms with E-state index < -0.39 is 0 Å². The van der Waals surface area contributed by atoms with Crippen LogP contribution >= 0.6 is 11.3 Å². The van der Waals surface area contributed by atoms with Gasteiger partial charge in [0, 0.05) is 48.3 Å². The predicted molar refractivity (Wildman–Crippen MR) is 313 cm³/mol. The van der Waals surface area contributed by atoms with Gasteiger partial charge in [0.2, 0.25) is 11.9 Å². The highest BCUT2D eigenvalue weighted by Gasteiger charge is 2.24. The van der Waals surface area contributed by atoms with E-state index in [1.165, 1.54) is 21.7 Å². The largest absolute Gasteiger partial charge is 0.278 e. The average Bonchev–Trinajstić information content (AvgIpc) is 4.24. The predicted octanol–water partition coefficient (Wildman–Crippen LogP) is 18.0. The average molecular weight is 973 g/mol. The normalized spacial score (nSPS) is 12.0. The summed E-state index contributed by atoms with van der Waals surface area (Å²) in [5.41, 5.74) is 13.3. The lowest BCUT2D eigenvalue weighted by Crippen LogP contribution is -2.04. The minimum atomic E-state index is 0.629. The molecule has 0 N–H and O–H groups in total. The lowest BCUT2D eigenvalue weighted by Gasteiger charge is -2.13. The highest BCUT2D eigenvalue weighted by atomic mass is 32.1. The lowest BCUT2D eigenvalue weighted by atomic mass is 9.95. The van der Waals surface area contributed by atoms with Crippen molar-refractivity contribution in [3.05, 3.63) is 243 Å². The Morgan fingerprint density at radius 3 is 1.65 bits per heavy atom. The van der Waals surface area contributed by atoms with Crippen LogP contribution in [0.15, 0.2) is 243 Å². The van der Waals surface area contributed by atoms with Gasteiger partial charge in [-0.3, -0.25) is 9.13 Å². The molecule has 0 bridgehead atoms. The molecule has 0 saturated heterocycles. The topological polar surface area (TPSA) is 61.4 Å². The number of benzene rings is 11. The van der Waals surface area contributed by atoms with Gasteiger partial charge >= 0.3 is 0 Å². The van der Waals surface area contributed by atoms with Crippen LogP contribution in [0.25, 0.3) is 153 Å². The zero-order chi connectivity index (χ0) is 49.1. The fourth-order valence-electron chi connectivity index (χ4n) is 11.7. The fraction of sp³-hybridized carbons (Fsp3) is 0. The van der Waals surface area contributed by atoms with Crippen LogP contribution in [0.4, 0.5) is 0 Å². The summed E-state index contributed by atoms with van der Waals surface area (Å²) < 4.78 is 5.63. The van der Waals surface area contributed by atoms with Crippen molar-refractivity contribution in [3.8, 4) is 56.0 Å². The van der Waals surface area contributed by atoms with E-state index in [0.717, 1.165) is 119 Å². The Morgan fingerprint density at radius 1 is 0.307 bits per heavy atom. The zero-order valence-corrected chi connectivity index (χ0v) is 41.0. The second-order valence-corrected chi connectivity index (χ2v) is 20.4. The highest BCUT2D eigenvalue weighted by Crippen LogP contribution is 2.45. The second kappa shape index (κ2) is 16.3. The Hall–Kier alpha value is -9.82. The van der Waals surface area contributed by atoms with Crippen molar-refractivity contribution in [2.45, 2.75) is 0 Å². The van der Waals surface area contributed by atoms with E-state index >= 15 is 0 Å². The van der Waals surface area contributed by atoms with Crippen LogP contribution in [0.1, 0.15) is 0 Å². The van der Waals surface area contributed by atoms with Gasteiger partial charge in [-0.15, -0.1) is 11.3 Å². The van der Waals surface area contributed by atoms with Crippen LogP contribution in [0.5, 0.6) is 0 Å². The molecule has 11 aromatic carbocycles.